The van der Waals surface area contributed by atoms with E-state index >= 15 is 0 Å². The number of anilines is 1. The Kier molecular flexibility index (Phi) is 6.71. The summed E-state index contributed by atoms with van der Waals surface area (Å²) in [6, 6.07) is 12.9. The first-order chi connectivity index (χ1) is 12.8. The molecule has 3 amide bonds. The fourth-order valence-corrected chi connectivity index (χ4v) is 2.67. The van der Waals surface area contributed by atoms with Crippen molar-refractivity contribution < 1.29 is 14.4 Å². The summed E-state index contributed by atoms with van der Waals surface area (Å²) in [5.41, 5.74) is 4.15. The van der Waals surface area contributed by atoms with Crippen molar-refractivity contribution in [3.05, 3.63) is 64.7 Å². The number of carbonyl (C=O) groups excluding carboxylic acids is 3. The van der Waals surface area contributed by atoms with Gasteiger partial charge in [0.05, 0.1) is 13.1 Å². The molecule has 0 aliphatic heterocycles. The summed E-state index contributed by atoms with van der Waals surface area (Å²) >= 11 is 0. The van der Waals surface area contributed by atoms with Crippen molar-refractivity contribution >= 4 is 23.4 Å². The topological polar surface area (TPSA) is 78.5 Å². The smallest absolute Gasteiger partial charge is 0.251 e. The highest BCUT2D eigenvalue weighted by Crippen LogP contribution is 2.19. The summed E-state index contributed by atoms with van der Waals surface area (Å²) in [6.07, 6.45) is 0. The number of amides is 3. The molecular formula is C21H25N3O3. The predicted octanol–water partition coefficient (Wildman–Crippen LogP) is 2.44. The fourth-order valence-electron chi connectivity index (χ4n) is 2.67. The van der Waals surface area contributed by atoms with E-state index in [1.165, 1.54) is 11.9 Å². The van der Waals surface area contributed by atoms with E-state index in [0.29, 0.717) is 5.56 Å². The van der Waals surface area contributed by atoms with E-state index in [2.05, 4.69) is 10.6 Å². The maximum atomic E-state index is 12.2. The van der Waals surface area contributed by atoms with Crippen molar-refractivity contribution in [1.29, 1.82) is 0 Å². The minimum absolute atomic E-state index is 0.0904. The summed E-state index contributed by atoms with van der Waals surface area (Å²) in [4.78, 5) is 37.8. The molecule has 27 heavy (non-hydrogen) atoms. The number of carbonyl (C=O) groups is 3. The third-order valence-corrected chi connectivity index (χ3v) is 4.23. The molecule has 2 aromatic carbocycles. The van der Waals surface area contributed by atoms with E-state index in [1.54, 1.807) is 18.2 Å². The standard InChI is InChI=1S/C21H25N3O3/c1-14-7-5-10-17(11-14)21(27)22-12-19(26)24(4)13-18(25)23-20-15(2)8-6-9-16(20)3/h5-11H,12-13H2,1-4H3,(H,22,27)(H,23,25). The molecule has 6 nitrogen and oxygen atoms in total. The monoisotopic (exact) mass is 367 g/mol. The van der Waals surface area contributed by atoms with Gasteiger partial charge in [-0.1, -0.05) is 35.9 Å². The van der Waals surface area contributed by atoms with Gasteiger partial charge in [-0.05, 0) is 44.0 Å². The molecule has 0 heterocycles. The number of likely N-dealkylation sites (N-methyl/N-ethyl adjacent to an activating group) is 1. The van der Waals surface area contributed by atoms with Crippen LogP contribution in [0.15, 0.2) is 42.5 Å². The predicted molar refractivity (Wildman–Crippen MR) is 106 cm³/mol. The van der Waals surface area contributed by atoms with Gasteiger partial charge in [-0.3, -0.25) is 14.4 Å². The first kappa shape index (κ1) is 20.2. The summed E-state index contributed by atoms with van der Waals surface area (Å²) in [6.45, 7) is 5.47. The number of rotatable bonds is 6. The Balaban J connectivity index is 1.86. The first-order valence-corrected chi connectivity index (χ1v) is 8.73. The molecule has 0 aromatic heterocycles. The third-order valence-electron chi connectivity index (χ3n) is 4.23. The molecule has 6 heteroatoms. The fraction of sp³-hybridized carbons (Fsp3) is 0.286. The van der Waals surface area contributed by atoms with Crippen LogP contribution in [0.3, 0.4) is 0 Å². The van der Waals surface area contributed by atoms with Crippen LogP contribution in [0, 0.1) is 20.8 Å². The van der Waals surface area contributed by atoms with Gasteiger partial charge < -0.3 is 15.5 Å². The Morgan fingerprint density at radius 1 is 0.963 bits per heavy atom. The zero-order valence-electron chi connectivity index (χ0n) is 16.1. The molecular weight excluding hydrogens is 342 g/mol. The number of hydrogen-bond acceptors (Lipinski definition) is 3. The second kappa shape index (κ2) is 8.98. The highest BCUT2D eigenvalue weighted by atomic mass is 16.2. The molecule has 0 atom stereocenters. The quantitative estimate of drug-likeness (QED) is 0.823. The lowest BCUT2D eigenvalue weighted by Gasteiger charge is -2.18. The van der Waals surface area contributed by atoms with Crippen LogP contribution >= 0.6 is 0 Å². The summed E-state index contributed by atoms with van der Waals surface area (Å²) in [5.74, 6) is -0.943. The first-order valence-electron chi connectivity index (χ1n) is 8.73. The Bertz CT molecular complexity index is 841. The van der Waals surface area contributed by atoms with E-state index < -0.39 is 0 Å². The zero-order valence-corrected chi connectivity index (χ0v) is 16.1. The Hall–Kier alpha value is -3.15. The van der Waals surface area contributed by atoms with Gasteiger partial charge in [0.1, 0.15) is 0 Å². The third kappa shape index (κ3) is 5.67. The van der Waals surface area contributed by atoms with Crippen molar-refractivity contribution in [2.45, 2.75) is 20.8 Å². The van der Waals surface area contributed by atoms with Gasteiger partial charge in [0.25, 0.3) is 5.91 Å². The summed E-state index contributed by atoms with van der Waals surface area (Å²) in [7, 11) is 1.53. The van der Waals surface area contributed by atoms with Gasteiger partial charge in [0.2, 0.25) is 11.8 Å². The molecule has 0 radical (unpaired) electrons. The molecule has 2 aromatic rings. The van der Waals surface area contributed by atoms with Crippen LogP contribution in [-0.4, -0.2) is 42.8 Å². The molecule has 0 fully saturated rings. The average molecular weight is 367 g/mol. The Morgan fingerprint density at radius 2 is 1.59 bits per heavy atom. The van der Waals surface area contributed by atoms with Crippen molar-refractivity contribution in [1.82, 2.24) is 10.2 Å². The largest absolute Gasteiger partial charge is 0.343 e. The van der Waals surface area contributed by atoms with Gasteiger partial charge in [-0.2, -0.15) is 0 Å². The van der Waals surface area contributed by atoms with Gasteiger partial charge in [-0.25, -0.2) is 0 Å². The molecule has 0 spiro atoms. The van der Waals surface area contributed by atoms with Crippen LogP contribution in [0.2, 0.25) is 0 Å². The summed E-state index contributed by atoms with van der Waals surface area (Å²) < 4.78 is 0. The van der Waals surface area contributed by atoms with Crippen LogP contribution < -0.4 is 10.6 Å². The van der Waals surface area contributed by atoms with Crippen LogP contribution in [0.4, 0.5) is 5.69 Å². The number of benzene rings is 2. The zero-order chi connectivity index (χ0) is 20.0. The van der Waals surface area contributed by atoms with Crippen LogP contribution in [-0.2, 0) is 9.59 Å². The number of para-hydroxylation sites is 1. The molecule has 0 aliphatic carbocycles. The minimum atomic E-state index is -0.340. The molecule has 0 aliphatic rings. The maximum absolute atomic E-state index is 12.2. The maximum Gasteiger partial charge on any atom is 0.251 e. The van der Waals surface area contributed by atoms with Crippen LogP contribution in [0.5, 0.6) is 0 Å². The van der Waals surface area contributed by atoms with E-state index in [4.69, 9.17) is 0 Å². The van der Waals surface area contributed by atoms with Gasteiger partial charge in [-0.15, -0.1) is 0 Å². The second-order valence-electron chi connectivity index (χ2n) is 6.62. The van der Waals surface area contributed by atoms with E-state index in [-0.39, 0.29) is 30.8 Å². The lowest BCUT2D eigenvalue weighted by atomic mass is 10.1. The molecule has 2 rings (SSSR count). The molecule has 2 N–H and O–H groups in total. The van der Waals surface area contributed by atoms with Crippen LogP contribution in [0.25, 0.3) is 0 Å². The number of nitrogens with zero attached hydrogens (tertiary/aromatic N) is 1. The van der Waals surface area contributed by atoms with Crippen molar-refractivity contribution in [3.63, 3.8) is 0 Å². The average Bonchev–Trinajstić information content (AvgIpc) is 2.62. The molecule has 0 saturated carbocycles. The lowest BCUT2D eigenvalue weighted by molar-refractivity contribution is -0.132. The SMILES string of the molecule is Cc1cccc(C(=O)NCC(=O)N(C)CC(=O)Nc2c(C)cccc2C)c1. The van der Waals surface area contributed by atoms with Gasteiger partial charge in [0.15, 0.2) is 0 Å². The number of aryl methyl sites for hydroxylation is 3. The van der Waals surface area contributed by atoms with Gasteiger partial charge in [0, 0.05) is 18.3 Å². The van der Waals surface area contributed by atoms with E-state index in [9.17, 15) is 14.4 Å². The van der Waals surface area contributed by atoms with Crippen molar-refractivity contribution in [2.24, 2.45) is 0 Å². The Labute approximate surface area is 159 Å². The van der Waals surface area contributed by atoms with Crippen molar-refractivity contribution in [3.8, 4) is 0 Å². The molecule has 0 unspecified atom stereocenters. The second-order valence-corrected chi connectivity index (χ2v) is 6.62. The molecule has 142 valence electrons. The van der Waals surface area contributed by atoms with E-state index in [1.807, 2.05) is 45.0 Å². The number of nitrogens with one attached hydrogen (secondary N) is 2. The van der Waals surface area contributed by atoms with Gasteiger partial charge >= 0.3 is 0 Å². The Morgan fingerprint density at radius 3 is 2.22 bits per heavy atom. The lowest BCUT2D eigenvalue weighted by Crippen LogP contribution is -2.41. The molecule has 0 bridgehead atoms. The number of hydrogen-bond donors (Lipinski definition) is 2. The molecule has 0 saturated heterocycles. The highest BCUT2D eigenvalue weighted by molar-refractivity contribution is 5.98. The van der Waals surface area contributed by atoms with E-state index in [0.717, 1.165) is 22.4 Å². The van der Waals surface area contributed by atoms with Crippen LogP contribution in [0.1, 0.15) is 27.0 Å². The minimum Gasteiger partial charge on any atom is -0.343 e. The normalized spacial score (nSPS) is 10.2. The highest BCUT2D eigenvalue weighted by Gasteiger charge is 2.15. The van der Waals surface area contributed by atoms with Crippen molar-refractivity contribution in [2.75, 3.05) is 25.5 Å². The summed E-state index contributed by atoms with van der Waals surface area (Å²) in [5, 5.41) is 5.43.